The van der Waals surface area contributed by atoms with Crippen molar-refractivity contribution in [1.29, 1.82) is 0 Å². The van der Waals surface area contributed by atoms with Gasteiger partial charge in [-0.3, -0.25) is 0 Å². The minimum atomic E-state index is -1.67. The molecule has 0 aromatic carbocycles. The Morgan fingerprint density at radius 1 is 0.538 bits per heavy atom. The zero-order valence-electron chi connectivity index (χ0n) is 19.8. The van der Waals surface area contributed by atoms with Crippen molar-refractivity contribution in [3.05, 3.63) is 0 Å². The van der Waals surface area contributed by atoms with Crippen LogP contribution in [-0.2, 0) is 8.85 Å². The van der Waals surface area contributed by atoms with Crippen LogP contribution >= 0.6 is 0 Å². The molecule has 0 saturated carbocycles. The van der Waals surface area contributed by atoms with E-state index < -0.39 is 16.6 Å². The Morgan fingerprint density at radius 3 is 1.00 bits per heavy atom. The Balaban J connectivity index is 5.00. The van der Waals surface area contributed by atoms with Crippen LogP contribution in [0.3, 0.4) is 0 Å². The van der Waals surface area contributed by atoms with Crippen LogP contribution < -0.4 is 0 Å². The van der Waals surface area contributed by atoms with Gasteiger partial charge in [-0.1, -0.05) is 82.1 Å². The Bertz CT molecular complexity index is 304. The summed E-state index contributed by atoms with van der Waals surface area (Å²) in [5.41, 5.74) is 2.79. The molecule has 0 amide bonds. The zero-order valence-corrected chi connectivity index (χ0v) is 21.8. The second-order valence-corrected chi connectivity index (χ2v) is 19.4. The minimum Gasteiger partial charge on any atom is -0.416 e. The van der Waals surface area contributed by atoms with Crippen molar-refractivity contribution in [3.8, 4) is 0 Å². The third kappa shape index (κ3) is 7.07. The van der Waals surface area contributed by atoms with Crippen LogP contribution in [0.2, 0.25) is 34.3 Å². The Morgan fingerprint density at radius 2 is 0.808 bits per heavy atom. The molecule has 0 rings (SSSR count). The zero-order chi connectivity index (χ0) is 20.4. The van der Waals surface area contributed by atoms with Gasteiger partial charge < -0.3 is 8.85 Å². The molecular formula is C22H50O2Si2. The van der Waals surface area contributed by atoms with Crippen molar-refractivity contribution >= 4 is 16.6 Å². The molecule has 0 N–H and O–H groups in total. The lowest BCUT2D eigenvalue weighted by atomic mass is 10.4. The SMILES string of the molecule is CCCO[Si](CCCC[Si](OCCC)(C(C)C)C(C)C)(C(C)C)C(C)C. The lowest BCUT2D eigenvalue weighted by molar-refractivity contribution is 0.279. The van der Waals surface area contributed by atoms with E-state index in [1.54, 1.807) is 0 Å². The second kappa shape index (κ2) is 12.7. The van der Waals surface area contributed by atoms with Crippen molar-refractivity contribution in [3.63, 3.8) is 0 Å². The summed E-state index contributed by atoms with van der Waals surface area (Å²) >= 11 is 0. The van der Waals surface area contributed by atoms with Crippen LogP contribution in [0.5, 0.6) is 0 Å². The lowest BCUT2D eigenvalue weighted by Crippen LogP contribution is -2.46. The Kier molecular flexibility index (Phi) is 12.9. The summed E-state index contributed by atoms with van der Waals surface area (Å²) in [7, 11) is -3.35. The average Bonchev–Trinajstić information content (AvgIpc) is 2.55. The highest BCUT2D eigenvalue weighted by Gasteiger charge is 2.43. The monoisotopic (exact) mass is 402 g/mol. The molecule has 0 spiro atoms. The normalized spacial score (nSPS) is 13.6. The topological polar surface area (TPSA) is 18.5 Å². The lowest BCUT2D eigenvalue weighted by Gasteiger charge is -2.40. The molecule has 0 fully saturated rings. The van der Waals surface area contributed by atoms with Gasteiger partial charge in [0, 0.05) is 13.2 Å². The van der Waals surface area contributed by atoms with Crippen molar-refractivity contribution in [2.45, 2.75) is 129 Å². The summed E-state index contributed by atoms with van der Waals surface area (Å²) in [5.74, 6) is 0. The molecular weight excluding hydrogens is 352 g/mol. The predicted molar refractivity (Wildman–Crippen MR) is 123 cm³/mol. The van der Waals surface area contributed by atoms with Crippen LogP contribution in [-0.4, -0.2) is 29.8 Å². The molecule has 0 radical (unpaired) electrons. The van der Waals surface area contributed by atoms with Gasteiger partial charge in [0.05, 0.1) is 0 Å². The molecule has 158 valence electrons. The fraction of sp³-hybridized carbons (Fsp3) is 1.00. The van der Waals surface area contributed by atoms with Gasteiger partial charge in [-0.05, 0) is 47.1 Å². The highest BCUT2D eigenvalue weighted by Crippen LogP contribution is 2.41. The first kappa shape index (κ1) is 26.4. The number of unbranched alkanes of at least 4 members (excludes halogenated alkanes) is 1. The third-order valence-electron chi connectivity index (χ3n) is 6.44. The van der Waals surface area contributed by atoms with Crippen LogP contribution in [0.15, 0.2) is 0 Å². The first-order chi connectivity index (χ1) is 12.1. The molecule has 4 heteroatoms. The molecule has 0 aliphatic rings. The summed E-state index contributed by atoms with van der Waals surface area (Å²) in [6, 6.07) is 2.63. The van der Waals surface area contributed by atoms with E-state index in [9.17, 15) is 0 Å². The molecule has 0 aliphatic heterocycles. The molecule has 0 bridgehead atoms. The van der Waals surface area contributed by atoms with E-state index >= 15 is 0 Å². The average molecular weight is 403 g/mol. The molecule has 0 unspecified atom stereocenters. The van der Waals surface area contributed by atoms with Gasteiger partial charge in [-0.15, -0.1) is 0 Å². The fourth-order valence-electron chi connectivity index (χ4n) is 4.69. The van der Waals surface area contributed by atoms with Crippen molar-refractivity contribution in [1.82, 2.24) is 0 Å². The standard InChI is InChI=1S/C22H50O2Si2/c1-11-15-23-25(19(3)4,20(5)6)17-13-14-18-26(21(7)8,22(9)10)24-16-12-2/h19-22H,11-18H2,1-10H3. The van der Waals surface area contributed by atoms with Crippen molar-refractivity contribution < 1.29 is 8.85 Å². The van der Waals surface area contributed by atoms with Gasteiger partial charge in [-0.2, -0.15) is 0 Å². The quantitative estimate of drug-likeness (QED) is 0.203. The molecule has 0 aromatic heterocycles. The van der Waals surface area contributed by atoms with E-state index in [0.29, 0.717) is 22.2 Å². The summed E-state index contributed by atoms with van der Waals surface area (Å²) < 4.78 is 13.2. The molecule has 0 heterocycles. The van der Waals surface area contributed by atoms with E-state index in [1.165, 1.54) is 24.9 Å². The largest absolute Gasteiger partial charge is 0.416 e. The van der Waals surface area contributed by atoms with E-state index in [0.717, 1.165) is 26.1 Å². The van der Waals surface area contributed by atoms with Gasteiger partial charge in [0.2, 0.25) is 0 Å². The van der Waals surface area contributed by atoms with E-state index in [1.807, 2.05) is 0 Å². The van der Waals surface area contributed by atoms with E-state index in [4.69, 9.17) is 8.85 Å². The van der Waals surface area contributed by atoms with Crippen LogP contribution in [0.25, 0.3) is 0 Å². The molecule has 2 nitrogen and oxygen atoms in total. The fourth-order valence-corrected chi connectivity index (χ4v) is 14.1. The molecule has 0 saturated heterocycles. The Hall–Kier alpha value is 0.354. The second-order valence-electron chi connectivity index (χ2n) is 9.43. The van der Waals surface area contributed by atoms with Crippen molar-refractivity contribution in [2.24, 2.45) is 0 Å². The summed E-state index contributed by atoms with van der Waals surface area (Å²) in [6.07, 6.45) is 4.90. The first-order valence-electron chi connectivity index (χ1n) is 11.4. The van der Waals surface area contributed by atoms with Gasteiger partial charge in [0.25, 0.3) is 0 Å². The molecule has 0 atom stereocenters. The number of rotatable bonds is 15. The highest BCUT2D eigenvalue weighted by atomic mass is 28.4. The number of hydrogen-bond acceptors (Lipinski definition) is 2. The smallest absolute Gasteiger partial charge is 0.197 e. The maximum atomic E-state index is 6.61. The van der Waals surface area contributed by atoms with E-state index in [-0.39, 0.29) is 0 Å². The maximum absolute atomic E-state index is 6.61. The van der Waals surface area contributed by atoms with Gasteiger partial charge in [0.15, 0.2) is 16.6 Å². The predicted octanol–water partition coefficient (Wildman–Crippen LogP) is 8.15. The summed E-state index contributed by atoms with van der Waals surface area (Å²) in [4.78, 5) is 0. The molecule has 0 aliphatic carbocycles. The first-order valence-corrected chi connectivity index (χ1v) is 15.9. The molecule has 0 aromatic rings. The summed E-state index contributed by atoms with van der Waals surface area (Å²) in [6.45, 7) is 25.5. The third-order valence-corrected chi connectivity index (χ3v) is 18.0. The van der Waals surface area contributed by atoms with Crippen LogP contribution in [0.1, 0.15) is 94.9 Å². The van der Waals surface area contributed by atoms with Crippen LogP contribution in [0.4, 0.5) is 0 Å². The summed E-state index contributed by atoms with van der Waals surface area (Å²) in [5, 5.41) is 0. The van der Waals surface area contributed by atoms with Gasteiger partial charge in [-0.25, -0.2) is 0 Å². The van der Waals surface area contributed by atoms with Gasteiger partial charge in [0.1, 0.15) is 0 Å². The van der Waals surface area contributed by atoms with E-state index in [2.05, 4.69) is 69.2 Å². The maximum Gasteiger partial charge on any atom is 0.197 e. The van der Waals surface area contributed by atoms with Crippen molar-refractivity contribution in [2.75, 3.05) is 13.2 Å². The minimum absolute atomic E-state index is 0.697. The molecule has 26 heavy (non-hydrogen) atoms. The highest BCUT2D eigenvalue weighted by molar-refractivity contribution is 6.77. The Labute approximate surface area is 168 Å². The van der Waals surface area contributed by atoms with Crippen LogP contribution in [0, 0.1) is 0 Å². The number of hydrogen-bond donors (Lipinski definition) is 0. The van der Waals surface area contributed by atoms with Gasteiger partial charge >= 0.3 is 0 Å².